The van der Waals surface area contributed by atoms with Gasteiger partial charge in [-0.1, -0.05) is 0 Å². The number of carbonyl (C=O) groups excluding carboxylic acids is 1. The molecule has 102 valence electrons. The summed E-state index contributed by atoms with van der Waals surface area (Å²) >= 11 is 0. The van der Waals surface area contributed by atoms with E-state index in [0.717, 1.165) is 24.3 Å². The van der Waals surface area contributed by atoms with E-state index in [9.17, 15) is 4.79 Å². The van der Waals surface area contributed by atoms with Gasteiger partial charge >= 0.3 is 6.03 Å². The van der Waals surface area contributed by atoms with E-state index in [1.165, 1.54) is 38.5 Å². The Morgan fingerprint density at radius 3 is 2.06 bits per heavy atom. The summed E-state index contributed by atoms with van der Waals surface area (Å²) in [5, 5.41) is 6.05. The normalized spacial score (nSPS) is 41.2. The van der Waals surface area contributed by atoms with Gasteiger partial charge in [0.1, 0.15) is 0 Å². The Hall–Kier alpha value is -0.730. The Kier molecular flexibility index (Phi) is 3.03. The zero-order chi connectivity index (χ0) is 12.8. The van der Waals surface area contributed by atoms with Crippen molar-refractivity contribution in [2.45, 2.75) is 58.4 Å². The van der Waals surface area contributed by atoms with E-state index < -0.39 is 0 Å². The molecule has 0 aromatic heterocycles. The highest BCUT2D eigenvalue weighted by atomic mass is 16.2. The van der Waals surface area contributed by atoms with Crippen LogP contribution in [-0.2, 0) is 0 Å². The van der Waals surface area contributed by atoms with Crippen molar-refractivity contribution in [2.24, 2.45) is 23.2 Å². The molecule has 0 aromatic rings. The molecule has 3 heteroatoms. The van der Waals surface area contributed by atoms with Gasteiger partial charge in [0.05, 0.1) is 0 Å². The first kappa shape index (κ1) is 12.3. The molecule has 2 amide bonds. The smallest absolute Gasteiger partial charge is 0.315 e. The zero-order valence-electron chi connectivity index (χ0n) is 11.7. The molecule has 0 saturated heterocycles. The van der Waals surface area contributed by atoms with Crippen molar-refractivity contribution in [3.63, 3.8) is 0 Å². The summed E-state index contributed by atoms with van der Waals surface area (Å²) in [6.07, 6.45) is 8.50. The minimum atomic E-state index is 0.0146. The molecular weight excluding hydrogens is 224 g/mol. The van der Waals surface area contributed by atoms with Gasteiger partial charge in [-0.2, -0.15) is 0 Å². The van der Waals surface area contributed by atoms with Gasteiger partial charge in [-0.05, 0) is 75.5 Å². The fourth-order valence-electron chi connectivity index (χ4n) is 5.09. The molecule has 4 aliphatic rings. The number of urea groups is 1. The molecule has 0 atom stereocenters. The second kappa shape index (κ2) is 4.43. The lowest BCUT2D eigenvalue weighted by Crippen LogP contribution is -2.52. The van der Waals surface area contributed by atoms with Crippen LogP contribution in [0.4, 0.5) is 4.79 Å². The van der Waals surface area contributed by atoms with Crippen LogP contribution in [0.2, 0.25) is 0 Å². The van der Waals surface area contributed by atoms with Gasteiger partial charge < -0.3 is 10.6 Å². The molecule has 2 N–H and O–H groups in total. The Morgan fingerprint density at radius 1 is 1.11 bits per heavy atom. The Balaban J connectivity index is 1.57. The predicted octanol–water partition coefficient (Wildman–Crippen LogP) is 2.91. The first-order valence-electron chi connectivity index (χ1n) is 7.59. The standard InChI is InChI=1S/C15H26N2O/c1-10(2)17-14(18)16-9-15-6-11-3-12(7-15)5-13(4-11)8-15/h10-13H,3-9H2,1-2H3,(H2,16,17,18). The molecule has 0 spiro atoms. The van der Waals surface area contributed by atoms with Crippen LogP contribution in [-0.4, -0.2) is 18.6 Å². The number of rotatable bonds is 3. The summed E-state index contributed by atoms with van der Waals surface area (Å²) < 4.78 is 0. The molecular formula is C15H26N2O. The van der Waals surface area contributed by atoms with Crippen molar-refractivity contribution >= 4 is 6.03 Å². The third-order valence-electron chi connectivity index (χ3n) is 5.21. The van der Waals surface area contributed by atoms with E-state index in [1.54, 1.807) is 0 Å². The molecule has 4 fully saturated rings. The van der Waals surface area contributed by atoms with Crippen molar-refractivity contribution in [3.8, 4) is 0 Å². The summed E-state index contributed by atoms with van der Waals surface area (Å²) in [5.41, 5.74) is 0.447. The van der Waals surface area contributed by atoms with Crippen LogP contribution in [0.3, 0.4) is 0 Å². The summed E-state index contributed by atoms with van der Waals surface area (Å²) in [7, 11) is 0. The van der Waals surface area contributed by atoms with Gasteiger partial charge in [-0.15, -0.1) is 0 Å². The second-order valence-electron chi connectivity index (χ2n) is 7.40. The van der Waals surface area contributed by atoms with Gasteiger partial charge in [0.2, 0.25) is 0 Å². The number of carbonyl (C=O) groups is 1. The Bertz CT molecular complexity index is 302. The summed E-state index contributed by atoms with van der Waals surface area (Å²) in [6.45, 7) is 4.91. The maximum atomic E-state index is 11.7. The topological polar surface area (TPSA) is 41.1 Å². The van der Waals surface area contributed by atoms with Crippen LogP contribution in [0.15, 0.2) is 0 Å². The van der Waals surface area contributed by atoms with E-state index in [-0.39, 0.29) is 12.1 Å². The van der Waals surface area contributed by atoms with Crippen molar-refractivity contribution in [2.75, 3.05) is 6.54 Å². The lowest BCUT2D eigenvalue weighted by Gasteiger charge is -2.56. The van der Waals surface area contributed by atoms with E-state index in [4.69, 9.17) is 0 Å². The number of amides is 2. The van der Waals surface area contributed by atoms with E-state index in [0.29, 0.717) is 5.41 Å². The predicted molar refractivity (Wildman–Crippen MR) is 72.3 cm³/mol. The quantitative estimate of drug-likeness (QED) is 0.794. The molecule has 0 aliphatic heterocycles. The molecule has 4 aliphatic carbocycles. The maximum Gasteiger partial charge on any atom is 0.315 e. The van der Waals surface area contributed by atoms with Crippen LogP contribution < -0.4 is 10.6 Å². The summed E-state index contributed by atoms with van der Waals surface area (Å²) in [5.74, 6) is 2.89. The molecule has 4 rings (SSSR count). The van der Waals surface area contributed by atoms with Crippen LogP contribution in [0, 0.1) is 23.2 Å². The first-order valence-corrected chi connectivity index (χ1v) is 7.59. The SMILES string of the molecule is CC(C)NC(=O)NCC12CC3CC(CC(C3)C1)C2. The minimum Gasteiger partial charge on any atom is -0.338 e. The molecule has 0 radical (unpaired) electrons. The first-order chi connectivity index (χ1) is 8.55. The number of hydrogen-bond donors (Lipinski definition) is 2. The molecule has 4 saturated carbocycles. The molecule has 0 aromatic carbocycles. The Morgan fingerprint density at radius 2 is 1.61 bits per heavy atom. The lowest BCUT2D eigenvalue weighted by molar-refractivity contribution is -0.0498. The average Bonchev–Trinajstić information content (AvgIpc) is 2.23. The van der Waals surface area contributed by atoms with Gasteiger partial charge in [-0.3, -0.25) is 0 Å². The third kappa shape index (κ3) is 2.36. The maximum absolute atomic E-state index is 11.7. The highest BCUT2D eigenvalue weighted by Gasteiger charge is 2.50. The van der Waals surface area contributed by atoms with Crippen LogP contribution in [0.1, 0.15) is 52.4 Å². The monoisotopic (exact) mass is 250 g/mol. The lowest BCUT2D eigenvalue weighted by atomic mass is 9.49. The Labute approximate surface area is 110 Å². The van der Waals surface area contributed by atoms with Gasteiger partial charge in [0.25, 0.3) is 0 Å². The zero-order valence-corrected chi connectivity index (χ0v) is 11.7. The minimum absolute atomic E-state index is 0.0146. The van der Waals surface area contributed by atoms with E-state index in [2.05, 4.69) is 10.6 Å². The van der Waals surface area contributed by atoms with Crippen LogP contribution in [0.5, 0.6) is 0 Å². The number of nitrogens with one attached hydrogen (secondary N) is 2. The number of hydrogen-bond acceptors (Lipinski definition) is 1. The fourth-order valence-corrected chi connectivity index (χ4v) is 5.09. The molecule has 3 nitrogen and oxygen atoms in total. The van der Waals surface area contributed by atoms with Crippen molar-refractivity contribution in [3.05, 3.63) is 0 Å². The average molecular weight is 250 g/mol. The molecule has 0 heterocycles. The van der Waals surface area contributed by atoms with Crippen LogP contribution >= 0.6 is 0 Å². The highest BCUT2D eigenvalue weighted by Crippen LogP contribution is 2.59. The molecule has 18 heavy (non-hydrogen) atoms. The van der Waals surface area contributed by atoms with Crippen molar-refractivity contribution in [1.82, 2.24) is 10.6 Å². The van der Waals surface area contributed by atoms with Crippen molar-refractivity contribution < 1.29 is 4.79 Å². The van der Waals surface area contributed by atoms with Crippen molar-refractivity contribution in [1.29, 1.82) is 0 Å². The highest BCUT2D eigenvalue weighted by molar-refractivity contribution is 5.74. The van der Waals surface area contributed by atoms with Gasteiger partial charge in [0, 0.05) is 12.6 Å². The van der Waals surface area contributed by atoms with E-state index >= 15 is 0 Å². The molecule has 4 bridgehead atoms. The molecule has 0 unspecified atom stereocenters. The second-order valence-corrected chi connectivity index (χ2v) is 7.40. The fraction of sp³-hybridized carbons (Fsp3) is 0.933. The largest absolute Gasteiger partial charge is 0.338 e. The summed E-state index contributed by atoms with van der Waals surface area (Å²) in [6, 6.07) is 0.238. The van der Waals surface area contributed by atoms with Gasteiger partial charge in [0.15, 0.2) is 0 Å². The summed E-state index contributed by atoms with van der Waals surface area (Å²) in [4.78, 5) is 11.7. The van der Waals surface area contributed by atoms with E-state index in [1.807, 2.05) is 13.8 Å². The van der Waals surface area contributed by atoms with Crippen LogP contribution in [0.25, 0.3) is 0 Å². The van der Waals surface area contributed by atoms with Gasteiger partial charge in [-0.25, -0.2) is 4.79 Å². The third-order valence-corrected chi connectivity index (χ3v) is 5.21.